The van der Waals surface area contributed by atoms with Crippen molar-refractivity contribution in [2.24, 2.45) is 0 Å². The minimum Gasteiger partial charge on any atom is -0.479 e. The van der Waals surface area contributed by atoms with E-state index >= 15 is 0 Å². The van der Waals surface area contributed by atoms with Gasteiger partial charge in [-0.15, -0.1) is 0 Å². The van der Waals surface area contributed by atoms with Crippen LogP contribution < -0.4 is 4.74 Å². The summed E-state index contributed by atoms with van der Waals surface area (Å²) in [5.41, 5.74) is 0.859. The third kappa shape index (κ3) is 2.48. The summed E-state index contributed by atoms with van der Waals surface area (Å²) in [5.74, 6) is 0.158. The molecule has 0 aliphatic rings. The Morgan fingerprint density at radius 2 is 2.44 bits per heavy atom. The number of hydrogen-bond donors (Lipinski definition) is 0. The van der Waals surface area contributed by atoms with Crippen molar-refractivity contribution in [3.8, 4) is 5.88 Å². The van der Waals surface area contributed by atoms with Crippen LogP contribution in [0.1, 0.15) is 23.2 Å². The van der Waals surface area contributed by atoms with Gasteiger partial charge in [0.05, 0.1) is 18.9 Å². The van der Waals surface area contributed by atoms with Crippen LogP contribution in [-0.4, -0.2) is 27.8 Å². The molecule has 0 aliphatic carbocycles. The molecule has 2 aromatic heterocycles. The van der Waals surface area contributed by atoms with Crippen LogP contribution in [0.25, 0.3) is 6.08 Å². The summed E-state index contributed by atoms with van der Waals surface area (Å²) in [7, 11) is 1.46. The van der Waals surface area contributed by atoms with E-state index in [0.29, 0.717) is 0 Å². The molecule has 0 bridgehead atoms. The molecule has 6 heteroatoms. The number of carbonyl (C=O) groups excluding carboxylic acids is 1. The van der Waals surface area contributed by atoms with Gasteiger partial charge in [0.2, 0.25) is 11.5 Å². The number of aryl methyl sites for hydroxylation is 1. The van der Waals surface area contributed by atoms with Crippen molar-refractivity contribution in [2.75, 3.05) is 7.11 Å². The van der Waals surface area contributed by atoms with Crippen molar-refractivity contribution in [1.82, 2.24) is 14.9 Å². The van der Waals surface area contributed by atoms with Crippen LogP contribution in [0.5, 0.6) is 5.88 Å². The first kappa shape index (κ1) is 12.1. The van der Waals surface area contributed by atoms with Crippen LogP contribution in [0.15, 0.2) is 28.9 Å². The lowest BCUT2D eigenvalue weighted by Crippen LogP contribution is -1.99. The summed E-state index contributed by atoms with van der Waals surface area (Å²) in [6.07, 6.45) is 4.79. The quantitative estimate of drug-likeness (QED) is 0.595. The molecule has 2 heterocycles. The van der Waals surface area contributed by atoms with Crippen molar-refractivity contribution in [3.05, 3.63) is 35.9 Å². The first-order chi connectivity index (χ1) is 8.74. The fourth-order valence-electron chi connectivity index (χ4n) is 1.46. The van der Waals surface area contributed by atoms with Crippen LogP contribution in [0.3, 0.4) is 0 Å². The molecule has 0 fully saturated rings. The monoisotopic (exact) mass is 247 g/mol. The van der Waals surface area contributed by atoms with Gasteiger partial charge in [-0.1, -0.05) is 0 Å². The third-order valence-corrected chi connectivity index (χ3v) is 2.39. The van der Waals surface area contributed by atoms with E-state index in [2.05, 4.69) is 10.3 Å². The highest BCUT2D eigenvalue weighted by atomic mass is 16.5. The molecule has 0 N–H and O–H groups in total. The second-order valence-electron chi connectivity index (χ2n) is 3.50. The maximum absolute atomic E-state index is 11.8. The Morgan fingerprint density at radius 3 is 3.11 bits per heavy atom. The van der Waals surface area contributed by atoms with Gasteiger partial charge in [0.25, 0.3) is 5.88 Å². The van der Waals surface area contributed by atoms with Gasteiger partial charge >= 0.3 is 0 Å². The molecular weight excluding hydrogens is 234 g/mol. The van der Waals surface area contributed by atoms with Crippen LogP contribution in [0, 0.1) is 0 Å². The summed E-state index contributed by atoms with van der Waals surface area (Å²) in [6, 6.07) is 3.28. The SMILES string of the molecule is CCn1nccc1C=CC(=O)c1cc(OC)no1. The van der Waals surface area contributed by atoms with Crippen molar-refractivity contribution < 1.29 is 14.1 Å². The molecular formula is C12H13N3O3. The van der Waals surface area contributed by atoms with Gasteiger partial charge in [-0.05, 0) is 30.3 Å². The Morgan fingerprint density at radius 1 is 1.61 bits per heavy atom. The zero-order valence-corrected chi connectivity index (χ0v) is 10.2. The van der Waals surface area contributed by atoms with E-state index in [4.69, 9.17) is 9.26 Å². The Kier molecular flexibility index (Phi) is 3.57. The van der Waals surface area contributed by atoms with E-state index in [9.17, 15) is 4.79 Å². The molecule has 2 aromatic rings. The molecule has 0 radical (unpaired) electrons. The van der Waals surface area contributed by atoms with Gasteiger partial charge in [-0.3, -0.25) is 9.48 Å². The summed E-state index contributed by atoms with van der Waals surface area (Å²) in [4.78, 5) is 11.8. The maximum Gasteiger partial charge on any atom is 0.254 e. The largest absolute Gasteiger partial charge is 0.479 e. The molecule has 0 aromatic carbocycles. The van der Waals surface area contributed by atoms with E-state index < -0.39 is 0 Å². The van der Waals surface area contributed by atoms with Crippen molar-refractivity contribution in [1.29, 1.82) is 0 Å². The number of ketones is 1. The van der Waals surface area contributed by atoms with E-state index in [-0.39, 0.29) is 17.4 Å². The molecule has 0 spiro atoms. The summed E-state index contributed by atoms with van der Waals surface area (Å²) < 4.78 is 11.5. The molecule has 0 saturated carbocycles. The zero-order chi connectivity index (χ0) is 13.0. The number of ether oxygens (including phenoxy) is 1. The lowest BCUT2D eigenvalue weighted by Gasteiger charge is -1.97. The molecule has 18 heavy (non-hydrogen) atoms. The molecule has 0 atom stereocenters. The standard InChI is InChI=1S/C12H13N3O3/c1-3-15-9(6-7-13-15)4-5-10(16)11-8-12(17-2)14-18-11/h4-8H,3H2,1-2H3. The summed E-state index contributed by atoms with van der Waals surface area (Å²) in [6.45, 7) is 2.73. The average Bonchev–Trinajstić information content (AvgIpc) is 3.04. The first-order valence-electron chi connectivity index (χ1n) is 5.49. The van der Waals surface area contributed by atoms with Crippen LogP contribution in [0.2, 0.25) is 0 Å². The fourth-order valence-corrected chi connectivity index (χ4v) is 1.46. The lowest BCUT2D eigenvalue weighted by molar-refractivity contribution is 0.101. The number of nitrogens with zero attached hydrogens (tertiary/aromatic N) is 3. The highest BCUT2D eigenvalue weighted by Crippen LogP contribution is 2.12. The van der Waals surface area contributed by atoms with Crippen molar-refractivity contribution >= 4 is 11.9 Å². The molecule has 0 saturated heterocycles. The number of rotatable bonds is 5. The second kappa shape index (κ2) is 5.31. The predicted octanol–water partition coefficient (Wildman–Crippen LogP) is 1.80. The highest BCUT2D eigenvalue weighted by molar-refractivity contribution is 6.04. The Bertz CT molecular complexity index is 569. The van der Waals surface area contributed by atoms with E-state index in [1.807, 2.05) is 13.0 Å². The predicted molar refractivity (Wildman–Crippen MR) is 64.3 cm³/mol. The Labute approximate surface area is 104 Å². The van der Waals surface area contributed by atoms with E-state index in [1.54, 1.807) is 17.0 Å². The number of allylic oxidation sites excluding steroid dienone is 1. The van der Waals surface area contributed by atoms with Crippen molar-refractivity contribution in [2.45, 2.75) is 13.5 Å². The van der Waals surface area contributed by atoms with Gasteiger partial charge in [-0.2, -0.15) is 5.10 Å². The summed E-state index contributed by atoms with van der Waals surface area (Å²) >= 11 is 0. The first-order valence-corrected chi connectivity index (χ1v) is 5.49. The van der Waals surface area contributed by atoms with Crippen LogP contribution in [-0.2, 0) is 6.54 Å². The molecule has 6 nitrogen and oxygen atoms in total. The van der Waals surface area contributed by atoms with E-state index in [0.717, 1.165) is 12.2 Å². The topological polar surface area (TPSA) is 70.2 Å². The molecule has 0 aliphatic heterocycles. The van der Waals surface area contributed by atoms with Crippen molar-refractivity contribution in [3.63, 3.8) is 0 Å². The number of methoxy groups -OCH3 is 1. The lowest BCUT2D eigenvalue weighted by atomic mass is 10.2. The normalized spacial score (nSPS) is 11.0. The molecule has 0 amide bonds. The van der Waals surface area contributed by atoms with E-state index in [1.165, 1.54) is 19.3 Å². The third-order valence-electron chi connectivity index (χ3n) is 2.39. The van der Waals surface area contributed by atoms with Gasteiger partial charge in [0.1, 0.15) is 0 Å². The highest BCUT2D eigenvalue weighted by Gasteiger charge is 2.10. The minimum absolute atomic E-state index is 0.144. The molecule has 2 rings (SSSR count). The smallest absolute Gasteiger partial charge is 0.254 e. The van der Waals surface area contributed by atoms with Gasteiger partial charge in [0, 0.05) is 12.7 Å². The van der Waals surface area contributed by atoms with Crippen LogP contribution >= 0.6 is 0 Å². The summed E-state index contributed by atoms with van der Waals surface area (Å²) in [5, 5.41) is 7.67. The van der Waals surface area contributed by atoms with Crippen LogP contribution in [0.4, 0.5) is 0 Å². The van der Waals surface area contributed by atoms with Gasteiger partial charge in [0.15, 0.2) is 0 Å². The maximum atomic E-state index is 11.8. The zero-order valence-electron chi connectivity index (χ0n) is 10.2. The molecule has 94 valence electrons. The minimum atomic E-state index is -0.269. The van der Waals surface area contributed by atoms with Gasteiger partial charge in [-0.25, -0.2) is 0 Å². The fraction of sp³-hybridized carbons (Fsp3) is 0.250. The Balaban J connectivity index is 2.11. The molecule has 0 unspecified atom stereocenters. The van der Waals surface area contributed by atoms with Gasteiger partial charge < -0.3 is 9.26 Å². The number of hydrogen-bond acceptors (Lipinski definition) is 5. The number of aromatic nitrogens is 3. The average molecular weight is 247 g/mol. The second-order valence-corrected chi connectivity index (χ2v) is 3.50. The Hall–Kier alpha value is -2.37. The number of carbonyl (C=O) groups is 1.